The maximum absolute atomic E-state index is 12.7. The van der Waals surface area contributed by atoms with Crippen molar-refractivity contribution in [2.75, 3.05) is 25.9 Å². The molecule has 6 nitrogen and oxygen atoms in total. The Kier molecular flexibility index (Phi) is 3.49. The first kappa shape index (κ1) is 14.8. The van der Waals surface area contributed by atoms with Crippen LogP contribution < -0.4 is 0 Å². The summed E-state index contributed by atoms with van der Waals surface area (Å²) in [4.78, 5) is 14.5. The largest absolute Gasteiger partial charge is 0.339 e. The minimum Gasteiger partial charge on any atom is -0.339 e. The number of sulfonamides is 1. The third-order valence-corrected chi connectivity index (χ3v) is 6.60. The quantitative estimate of drug-likeness (QED) is 0.746. The normalized spacial score (nSPS) is 32.1. The minimum atomic E-state index is -3.22. The van der Waals surface area contributed by atoms with Gasteiger partial charge in [-0.2, -0.15) is 9.57 Å². The van der Waals surface area contributed by atoms with E-state index in [0.717, 1.165) is 19.3 Å². The van der Waals surface area contributed by atoms with Crippen LogP contribution in [0.5, 0.6) is 0 Å². The van der Waals surface area contributed by atoms with E-state index in [2.05, 4.69) is 6.07 Å². The summed E-state index contributed by atoms with van der Waals surface area (Å²) in [5.74, 6) is 0.145. The van der Waals surface area contributed by atoms with Gasteiger partial charge in [-0.3, -0.25) is 4.79 Å². The van der Waals surface area contributed by atoms with E-state index < -0.39 is 15.4 Å². The number of likely N-dealkylation sites (tertiary alicyclic amines) is 1. The van der Waals surface area contributed by atoms with Crippen molar-refractivity contribution in [3.63, 3.8) is 0 Å². The van der Waals surface area contributed by atoms with Gasteiger partial charge in [-0.15, -0.1) is 0 Å². The van der Waals surface area contributed by atoms with E-state index in [-0.39, 0.29) is 17.9 Å². The van der Waals surface area contributed by atoms with Gasteiger partial charge in [0.25, 0.3) is 0 Å². The van der Waals surface area contributed by atoms with Crippen LogP contribution in [0.4, 0.5) is 0 Å². The average Bonchev–Trinajstić information content (AvgIpc) is 3.11. The van der Waals surface area contributed by atoms with Crippen molar-refractivity contribution in [3.8, 4) is 6.07 Å². The van der Waals surface area contributed by atoms with Crippen molar-refractivity contribution in [2.45, 2.75) is 38.1 Å². The second kappa shape index (κ2) is 4.96. The highest BCUT2D eigenvalue weighted by Crippen LogP contribution is 2.41. The van der Waals surface area contributed by atoms with Crippen LogP contribution in [0.2, 0.25) is 0 Å². The van der Waals surface area contributed by atoms with E-state index in [0.29, 0.717) is 32.5 Å². The zero-order valence-corrected chi connectivity index (χ0v) is 13.1. The summed E-state index contributed by atoms with van der Waals surface area (Å²) >= 11 is 0. The Balaban J connectivity index is 1.76. The molecule has 1 aliphatic carbocycles. The first-order chi connectivity index (χ1) is 9.87. The van der Waals surface area contributed by atoms with Gasteiger partial charge in [0.1, 0.15) is 5.41 Å². The Labute approximate surface area is 125 Å². The van der Waals surface area contributed by atoms with Crippen molar-refractivity contribution in [1.29, 1.82) is 5.26 Å². The van der Waals surface area contributed by atoms with Crippen molar-refractivity contribution >= 4 is 15.9 Å². The van der Waals surface area contributed by atoms with Gasteiger partial charge in [0.05, 0.1) is 12.3 Å². The highest BCUT2D eigenvalue weighted by molar-refractivity contribution is 7.88. The minimum absolute atomic E-state index is 0.0784. The van der Waals surface area contributed by atoms with Crippen molar-refractivity contribution in [2.24, 2.45) is 11.3 Å². The molecule has 1 saturated carbocycles. The molecule has 0 radical (unpaired) electrons. The summed E-state index contributed by atoms with van der Waals surface area (Å²) in [6.45, 7) is 1.60. The van der Waals surface area contributed by atoms with Crippen LogP contribution in [-0.4, -0.2) is 55.5 Å². The van der Waals surface area contributed by atoms with E-state index in [9.17, 15) is 18.5 Å². The molecule has 2 heterocycles. The zero-order chi connectivity index (χ0) is 15.3. The highest BCUT2D eigenvalue weighted by Gasteiger charge is 2.51. The number of hydrogen-bond acceptors (Lipinski definition) is 4. The summed E-state index contributed by atoms with van der Waals surface area (Å²) in [7, 11) is -3.22. The van der Waals surface area contributed by atoms with E-state index in [1.165, 1.54) is 10.6 Å². The Hall–Kier alpha value is -1.13. The molecule has 2 saturated heterocycles. The van der Waals surface area contributed by atoms with Crippen LogP contribution in [0.25, 0.3) is 0 Å². The smallest absolute Gasteiger partial charge is 0.243 e. The molecule has 3 rings (SSSR count). The molecule has 0 aromatic carbocycles. The Morgan fingerprint density at radius 3 is 2.52 bits per heavy atom. The number of carbonyl (C=O) groups is 1. The van der Waals surface area contributed by atoms with Gasteiger partial charge in [0.15, 0.2) is 0 Å². The molecule has 2 aliphatic heterocycles. The molecule has 1 amide bonds. The molecular formula is C14H21N3O3S. The van der Waals surface area contributed by atoms with Crippen LogP contribution in [0.3, 0.4) is 0 Å². The number of hydrogen-bond donors (Lipinski definition) is 0. The van der Waals surface area contributed by atoms with Gasteiger partial charge in [-0.05, 0) is 25.2 Å². The van der Waals surface area contributed by atoms with Gasteiger partial charge >= 0.3 is 0 Å². The molecule has 7 heteroatoms. The molecule has 0 bridgehead atoms. The summed E-state index contributed by atoms with van der Waals surface area (Å²) in [6, 6.07) is 2.14. The van der Waals surface area contributed by atoms with Crippen molar-refractivity contribution < 1.29 is 13.2 Å². The molecule has 0 aromatic rings. The molecule has 0 spiro atoms. The lowest BCUT2D eigenvalue weighted by Crippen LogP contribution is -2.44. The third-order valence-electron chi connectivity index (χ3n) is 5.29. The number of nitriles is 1. The van der Waals surface area contributed by atoms with Crippen LogP contribution >= 0.6 is 0 Å². The lowest BCUT2D eigenvalue weighted by molar-refractivity contribution is -0.138. The number of rotatable bonds is 2. The lowest BCUT2D eigenvalue weighted by atomic mass is 9.86. The molecule has 0 aromatic heterocycles. The molecule has 21 heavy (non-hydrogen) atoms. The van der Waals surface area contributed by atoms with Gasteiger partial charge < -0.3 is 4.90 Å². The maximum atomic E-state index is 12.7. The second-order valence-electron chi connectivity index (χ2n) is 6.60. The molecule has 3 aliphatic rings. The first-order valence-corrected chi connectivity index (χ1v) is 9.40. The summed E-state index contributed by atoms with van der Waals surface area (Å²) < 4.78 is 25.1. The van der Waals surface area contributed by atoms with Crippen molar-refractivity contribution in [3.05, 3.63) is 0 Å². The monoisotopic (exact) mass is 311 g/mol. The first-order valence-electron chi connectivity index (χ1n) is 7.55. The van der Waals surface area contributed by atoms with Gasteiger partial charge in [-0.1, -0.05) is 12.8 Å². The Bertz CT molecular complexity index is 589. The van der Waals surface area contributed by atoms with Gasteiger partial charge in [-0.25, -0.2) is 8.42 Å². The molecule has 2 atom stereocenters. The Morgan fingerprint density at radius 1 is 1.29 bits per heavy atom. The van der Waals surface area contributed by atoms with Crippen LogP contribution in [0.15, 0.2) is 0 Å². The fourth-order valence-corrected chi connectivity index (χ4v) is 5.32. The van der Waals surface area contributed by atoms with Gasteiger partial charge in [0.2, 0.25) is 15.9 Å². The molecule has 116 valence electrons. The fraction of sp³-hybridized carbons (Fsp3) is 0.857. The highest BCUT2D eigenvalue weighted by atomic mass is 32.2. The second-order valence-corrected chi connectivity index (χ2v) is 8.54. The molecule has 0 unspecified atom stereocenters. The maximum Gasteiger partial charge on any atom is 0.243 e. The number of carbonyl (C=O) groups excluding carboxylic acids is 1. The number of fused-ring (bicyclic) bond motifs is 1. The standard InChI is InChI=1S/C14H21N3O3S/c1-21(19,20)17-7-4-11-8-16(9-12(11)17)13(18)14(10-15)5-2-3-6-14/h11-12H,2-9H2,1H3/t11-,12+/m1/s1. The lowest BCUT2D eigenvalue weighted by Gasteiger charge is -2.28. The van der Waals surface area contributed by atoms with E-state index in [1.54, 1.807) is 4.90 Å². The average molecular weight is 311 g/mol. The fourth-order valence-electron chi connectivity index (χ4n) is 4.16. The van der Waals surface area contributed by atoms with Gasteiger partial charge in [0, 0.05) is 25.7 Å². The topological polar surface area (TPSA) is 81.5 Å². The number of nitrogens with zero attached hydrogens (tertiary/aromatic N) is 3. The van der Waals surface area contributed by atoms with E-state index in [1.807, 2.05) is 0 Å². The van der Waals surface area contributed by atoms with Crippen LogP contribution in [0.1, 0.15) is 32.1 Å². The van der Waals surface area contributed by atoms with E-state index in [4.69, 9.17) is 0 Å². The zero-order valence-electron chi connectivity index (χ0n) is 12.3. The third kappa shape index (κ3) is 2.34. The molecule has 0 N–H and O–H groups in total. The SMILES string of the molecule is CS(=O)(=O)N1CC[C@@H]2CN(C(=O)C3(C#N)CCCC3)C[C@@H]21. The Morgan fingerprint density at radius 2 is 1.95 bits per heavy atom. The molecular weight excluding hydrogens is 290 g/mol. The molecule has 3 fully saturated rings. The van der Waals surface area contributed by atoms with Crippen molar-refractivity contribution in [1.82, 2.24) is 9.21 Å². The van der Waals surface area contributed by atoms with Crippen LogP contribution in [-0.2, 0) is 14.8 Å². The predicted molar refractivity (Wildman–Crippen MR) is 76.5 cm³/mol. The summed E-state index contributed by atoms with van der Waals surface area (Å²) in [6.07, 6.45) is 5.17. The van der Waals surface area contributed by atoms with E-state index >= 15 is 0 Å². The summed E-state index contributed by atoms with van der Waals surface area (Å²) in [5.41, 5.74) is -0.853. The van der Waals surface area contributed by atoms with Crippen LogP contribution in [0, 0.1) is 22.7 Å². The number of amides is 1. The summed E-state index contributed by atoms with van der Waals surface area (Å²) in [5, 5.41) is 9.43. The predicted octanol–water partition coefficient (Wildman–Crippen LogP) is 0.563.